The predicted octanol–water partition coefficient (Wildman–Crippen LogP) is 1.61. The number of aliphatic hydroxyl groups excluding tert-OH is 1. The van der Waals surface area contributed by atoms with E-state index in [0.717, 1.165) is 12.0 Å². The maximum absolute atomic E-state index is 12.7. The number of aromatic nitrogens is 4. The van der Waals surface area contributed by atoms with Crippen molar-refractivity contribution in [1.29, 1.82) is 0 Å². The van der Waals surface area contributed by atoms with Gasteiger partial charge in [-0.25, -0.2) is 9.97 Å². The third kappa shape index (κ3) is 5.05. The molecular formula is C21H23ClN6O4. The van der Waals surface area contributed by atoms with Crippen LogP contribution in [0.5, 0.6) is 0 Å². The number of amides is 1. The number of carbonyl (C=O) groups excluding carboxylic acids is 1. The molecule has 11 heteroatoms. The Bertz CT molecular complexity index is 1100. The summed E-state index contributed by atoms with van der Waals surface area (Å²) in [6, 6.07) is 5.60. The number of ether oxygens (including phenoxy) is 1. The summed E-state index contributed by atoms with van der Waals surface area (Å²) in [4.78, 5) is 25.8. The highest BCUT2D eigenvalue weighted by molar-refractivity contribution is 6.30. The van der Waals surface area contributed by atoms with Crippen LogP contribution in [0.15, 0.2) is 43.0 Å². The zero-order chi connectivity index (χ0) is 22.7. The first-order chi connectivity index (χ1) is 15.4. The van der Waals surface area contributed by atoms with E-state index in [1.54, 1.807) is 35.0 Å². The Morgan fingerprint density at radius 3 is 2.91 bits per heavy atom. The van der Waals surface area contributed by atoms with Gasteiger partial charge in [-0.2, -0.15) is 4.98 Å². The van der Waals surface area contributed by atoms with Gasteiger partial charge in [-0.15, -0.1) is 0 Å². The van der Waals surface area contributed by atoms with Crippen molar-refractivity contribution in [3.63, 3.8) is 0 Å². The molecule has 2 aromatic heterocycles. The lowest BCUT2D eigenvalue weighted by atomic mass is 10.1. The molecule has 0 saturated carbocycles. The lowest BCUT2D eigenvalue weighted by Crippen LogP contribution is -2.36. The number of hydrogen-bond donors (Lipinski definition) is 4. The van der Waals surface area contributed by atoms with E-state index >= 15 is 0 Å². The Balaban J connectivity index is 1.52. The van der Waals surface area contributed by atoms with Gasteiger partial charge in [-0.05, 0) is 31.0 Å². The summed E-state index contributed by atoms with van der Waals surface area (Å²) in [7, 11) is 0. The number of nitrogens with one attached hydrogen (secondary N) is 2. The van der Waals surface area contributed by atoms with E-state index < -0.39 is 18.2 Å². The molecule has 0 spiro atoms. The minimum atomic E-state index is -1.82. The quantitative estimate of drug-likeness (QED) is 0.392. The van der Waals surface area contributed by atoms with Crippen LogP contribution in [0, 0.1) is 6.92 Å². The van der Waals surface area contributed by atoms with E-state index in [1.807, 2.05) is 6.92 Å². The van der Waals surface area contributed by atoms with Crippen molar-refractivity contribution in [2.45, 2.75) is 31.7 Å². The van der Waals surface area contributed by atoms with Crippen molar-refractivity contribution < 1.29 is 19.7 Å². The van der Waals surface area contributed by atoms with E-state index in [0.29, 0.717) is 35.6 Å². The summed E-state index contributed by atoms with van der Waals surface area (Å²) in [5.74, 6) is 0.460. The number of hydrogen-bond acceptors (Lipinski definition) is 8. The van der Waals surface area contributed by atoms with Crippen molar-refractivity contribution in [1.82, 2.24) is 24.8 Å². The minimum Gasteiger partial charge on any atom is -0.379 e. The van der Waals surface area contributed by atoms with Crippen LogP contribution in [0.25, 0.3) is 5.82 Å². The Kier molecular flexibility index (Phi) is 6.66. The summed E-state index contributed by atoms with van der Waals surface area (Å²) >= 11 is 5.98. The van der Waals surface area contributed by atoms with Crippen LogP contribution in [0.2, 0.25) is 5.02 Å². The van der Waals surface area contributed by atoms with Crippen molar-refractivity contribution in [2.24, 2.45) is 0 Å². The molecule has 3 aromatic rings. The van der Waals surface area contributed by atoms with Gasteiger partial charge in [0.2, 0.25) is 5.95 Å². The summed E-state index contributed by atoms with van der Waals surface area (Å²) in [5.41, 5.74) is 1.35. The van der Waals surface area contributed by atoms with Gasteiger partial charge >= 0.3 is 0 Å². The largest absolute Gasteiger partial charge is 0.379 e. The Morgan fingerprint density at radius 2 is 2.19 bits per heavy atom. The molecule has 1 aliphatic rings. The van der Waals surface area contributed by atoms with Crippen LogP contribution < -0.4 is 10.6 Å². The molecule has 1 saturated heterocycles. The molecule has 3 heterocycles. The molecule has 1 aromatic carbocycles. The molecule has 0 aliphatic carbocycles. The third-order valence-electron chi connectivity index (χ3n) is 5.06. The van der Waals surface area contributed by atoms with Crippen molar-refractivity contribution in [3.8, 4) is 5.82 Å². The first-order valence-electron chi connectivity index (χ1n) is 10.1. The van der Waals surface area contributed by atoms with Gasteiger partial charge in [-0.3, -0.25) is 9.36 Å². The van der Waals surface area contributed by atoms with Crippen LogP contribution in [-0.2, 0) is 4.74 Å². The van der Waals surface area contributed by atoms with Gasteiger partial charge in [-0.1, -0.05) is 23.7 Å². The predicted molar refractivity (Wildman–Crippen MR) is 117 cm³/mol. The molecule has 1 fully saturated rings. The van der Waals surface area contributed by atoms with Crippen molar-refractivity contribution in [3.05, 3.63) is 64.8 Å². The van der Waals surface area contributed by atoms with Crippen LogP contribution in [0.3, 0.4) is 0 Å². The lowest BCUT2D eigenvalue weighted by molar-refractivity contribution is -0.0661. The average molecular weight is 459 g/mol. The molecular weight excluding hydrogens is 436 g/mol. The molecule has 4 rings (SSSR count). The summed E-state index contributed by atoms with van der Waals surface area (Å²) in [6.07, 6.45) is 3.74. The Morgan fingerprint density at radius 1 is 1.34 bits per heavy atom. The summed E-state index contributed by atoms with van der Waals surface area (Å²) in [6.45, 7) is 3.16. The highest BCUT2D eigenvalue weighted by Gasteiger charge is 2.24. The van der Waals surface area contributed by atoms with E-state index in [9.17, 15) is 15.0 Å². The number of rotatable bonds is 7. The SMILES string of the molecule is Cc1cnc(N[C@@H]2CCOC2)nc1-n1cnc(C(=O)N[C@@H](c2cccc(Cl)c2)C(O)O)c1. The molecule has 1 aliphatic heterocycles. The second-order valence-electron chi connectivity index (χ2n) is 7.49. The molecule has 4 N–H and O–H groups in total. The molecule has 0 radical (unpaired) electrons. The van der Waals surface area contributed by atoms with Gasteiger partial charge in [0.05, 0.1) is 12.6 Å². The number of nitrogens with zero attached hydrogens (tertiary/aromatic N) is 4. The van der Waals surface area contributed by atoms with Crippen LogP contribution in [0.1, 0.15) is 34.1 Å². The fourth-order valence-corrected chi connectivity index (χ4v) is 3.59. The molecule has 10 nitrogen and oxygen atoms in total. The highest BCUT2D eigenvalue weighted by Crippen LogP contribution is 2.21. The molecule has 32 heavy (non-hydrogen) atoms. The van der Waals surface area contributed by atoms with Crippen LogP contribution in [0.4, 0.5) is 5.95 Å². The average Bonchev–Trinajstić information content (AvgIpc) is 3.45. The number of aliphatic hydroxyl groups is 2. The molecule has 0 unspecified atom stereocenters. The second-order valence-corrected chi connectivity index (χ2v) is 7.93. The van der Waals surface area contributed by atoms with Gasteiger partial charge in [0, 0.05) is 29.6 Å². The van der Waals surface area contributed by atoms with Crippen LogP contribution in [-0.4, -0.2) is 61.2 Å². The smallest absolute Gasteiger partial charge is 0.272 e. The normalized spacial score (nSPS) is 16.8. The molecule has 1 amide bonds. The fourth-order valence-electron chi connectivity index (χ4n) is 3.40. The Labute approximate surface area is 189 Å². The van der Waals surface area contributed by atoms with Gasteiger partial charge in [0.1, 0.15) is 23.9 Å². The number of benzene rings is 1. The number of carbonyl (C=O) groups is 1. The fraction of sp³-hybridized carbons (Fsp3) is 0.333. The summed E-state index contributed by atoms with van der Waals surface area (Å²) < 4.78 is 6.98. The topological polar surface area (TPSA) is 134 Å². The molecule has 0 bridgehead atoms. The number of halogens is 1. The van der Waals surface area contributed by atoms with Gasteiger partial charge < -0.3 is 25.6 Å². The summed E-state index contributed by atoms with van der Waals surface area (Å²) in [5, 5.41) is 25.8. The van der Waals surface area contributed by atoms with E-state index in [1.165, 1.54) is 12.5 Å². The monoisotopic (exact) mass is 458 g/mol. The highest BCUT2D eigenvalue weighted by atomic mass is 35.5. The van der Waals surface area contributed by atoms with Crippen molar-refractivity contribution >= 4 is 23.5 Å². The zero-order valence-corrected chi connectivity index (χ0v) is 18.0. The van der Waals surface area contributed by atoms with Gasteiger partial charge in [0.25, 0.3) is 5.91 Å². The standard InChI is InChI=1S/C21H23ClN6O4/c1-12-8-23-21(25-15-5-6-32-10-15)27-18(12)28-9-16(24-11-28)19(29)26-17(20(30)31)13-3-2-4-14(22)7-13/h2-4,7-9,11,15,17,20,30-31H,5-6,10H2,1H3,(H,26,29)(H,23,25,27)/t15-,17+/m1/s1. The van der Waals surface area contributed by atoms with E-state index in [-0.39, 0.29) is 11.7 Å². The third-order valence-corrected chi connectivity index (χ3v) is 5.30. The maximum Gasteiger partial charge on any atom is 0.272 e. The van der Waals surface area contributed by atoms with E-state index in [4.69, 9.17) is 16.3 Å². The molecule has 2 atom stereocenters. The minimum absolute atomic E-state index is 0.0920. The molecule has 168 valence electrons. The van der Waals surface area contributed by atoms with Crippen LogP contribution >= 0.6 is 11.6 Å². The number of aryl methyl sites for hydroxylation is 1. The first-order valence-corrected chi connectivity index (χ1v) is 10.4. The lowest BCUT2D eigenvalue weighted by Gasteiger charge is -2.20. The van der Waals surface area contributed by atoms with Crippen molar-refractivity contribution in [2.75, 3.05) is 18.5 Å². The first kappa shape index (κ1) is 22.2. The zero-order valence-electron chi connectivity index (χ0n) is 17.3. The number of anilines is 1. The Hall–Kier alpha value is -3.05. The second kappa shape index (κ2) is 9.61. The maximum atomic E-state index is 12.7. The van der Waals surface area contributed by atoms with Gasteiger partial charge in [0.15, 0.2) is 6.29 Å². The number of imidazole rings is 1. The van der Waals surface area contributed by atoms with E-state index in [2.05, 4.69) is 25.6 Å².